The van der Waals surface area contributed by atoms with Crippen molar-refractivity contribution in [2.75, 3.05) is 0 Å². The summed E-state index contributed by atoms with van der Waals surface area (Å²) in [5.74, 6) is 0.0458. The zero-order valence-electron chi connectivity index (χ0n) is 15.5. The summed E-state index contributed by atoms with van der Waals surface area (Å²) >= 11 is 0. The molecule has 0 amide bonds. The standard InChI is InChI=1S/C24H26O2/c1-3-11-21(25)23-22(19-14-9-6-10-15-19)20(17-24(23,26)16-4-2)18-12-7-5-8-13-18/h5-10,12-15,17,26H,3-4,11,16H2,1-2H3. The van der Waals surface area contributed by atoms with Crippen molar-refractivity contribution >= 4 is 16.9 Å². The van der Waals surface area contributed by atoms with E-state index in [0.717, 1.165) is 35.1 Å². The van der Waals surface area contributed by atoms with Crippen molar-refractivity contribution in [1.29, 1.82) is 0 Å². The molecule has 26 heavy (non-hydrogen) atoms. The Hall–Kier alpha value is -2.45. The van der Waals surface area contributed by atoms with Gasteiger partial charge in [-0.2, -0.15) is 0 Å². The van der Waals surface area contributed by atoms with E-state index in [2.05, 4.69) is 0 Å². The third-order valence-electron chi connectivity index (χ3n) is 4.87. The third-order valence-corrected chi connectivity index (χ3v) is 4.87. The van der Waals surface area contributed by atoms with Crippen LogP contribution in [0.4, 0.5) is 0 Å². The van der Waals surface area contributed by atoms with E-state index in [1.165, 1.54) is 0 Å². The van der Waals surface area contributed by atoms with E-state index in [1.807, 2.05) is 80.6 Å². The maximum Gasteiger partial charge on any atom is 0.162 e. The van der Waals surface area contributed by atoms with E-state index in [-0.39, 0.29) is 5.78 Å². The number of carbonyl (C=O) groups excluding carboxylic acids is 1. The monoisotopic (exact) mass is 346 g/mol. The van der Waals surface area contributed by atoms with Crippen LogP contribution in [-0.4, -0.2) is 16.5 Å². The van der Waals surface area contributed by atoms with Crippen LogP contribution in [0.15, 0.2) is 72.3 Å². The zero-order valence-corrected chi connectivity index (χ0v) is 15.5. The summed E-state index contributed by atoms with van der Waals surface area (Å²) in [6, 6.07) is 20.0. The van der Waals surface area contributed by atoms with Gasteiger partial charge in [-0.3, -0.25) is 4.79 Å². The number of allylic oxidation sites excluding steroid dienone is 2. The summed E-state index contributed by atoms with van der Waals surface area (Å²) in [5.41, 5.74) is 3.20. The molecule has 3 rings (SSSR count). The van der Waals surface area contributed by atoms with Crippen molar-refractivity contribution in [2.24, 2.45) is 0 Å². The van der Waals surface area contributed by atoms with Crippen LogP contribution in [0.3, 0.4) is 0 Å². The fourth-order valence-corrected chi connectivity index (χ4v) is 3.80. The predicted molar refractivity (Wildman–Crippen MR) is 108 cm³/mol. The lowest BCUT2D eigenvalue weighted by atomic mass is 9.84. The average molecular weight is 346 g/mol. The highest BCUT2D eigenvalue weighted by Crippen LogP contribution is 2.47. The van der Waals surface area contributed by atoms with Gasteiger partial charge in [0.15, 0.2) is 5.78 Å². The molecule has 2 aromatic rings. The van der Waals surface area contributed by atoms with E-state index < -0.39 is 5.60 Å². The molecule has 0 radical (unpaired) electrons. The highest BCUT2D eigenvalue weighted by atomic mass is 16.3. The molecule has 1 aliphatic carbocycles. The van der Waals surface area contributed by atoms with Crippen LogP contribution < -0.4 is 0 Å². The Morgan fingerprint density at radius 3 is 2.00 bits per heavy atom. The minimum absolute atomic E-state index is 0.0458. The number of carbonyl (C=O) groups is 1. The summed E-state index contributed by atoms with van der Waals surface area (Å²) in [7, 11) is 0. The number of benzene rings is 2. The highest BCUT2D eigenvalue weighted by Gasteiger charge is 2.41. The molecule has 0 saturated carbocycles. The van der Waals surface area contributed by atoms with Crippen molar-refractivity contribution < 1.29 is 9.90 Å². The predicted octanol–water partition coefficient (Wildman–Crippen LogP) is 5.44. The number of Topliss-reactive ketones (excluding diaryl/α,β-unsaturated/α-hetero) is 1. The molecule has 0 bridgehead atoms. The topological polar surface area (TPSA) is 37.3 Å². The Bertz CT molecular complexity index is 831. The fraction of sp³-hybridized carbons (Fsp3) is 0.292. The first-order chi connectivity index (χ1) is 12.6. The van der Waals surface area contributed by atoms with E-state index in [0.29, 0.717) is 18.4 Å². The van der Waals surface area contributed by atoms with Gasteiger partial charge in [0.05, 0.1) is 0 Å². The molecule has 0 aromatic heterocycles. The molecule has 1 atom stereocenters. The van der Waals surface area contributed by atoms with Gasteiger partial charge in [-0.1, -0.05) is 80.9 Å². The van der Waals surface area contributed by atoms with Crippen LogP contribution in [0.2, 0.25) is 0 Å². The molecule has 0 aliphatic heterocycles. The quantitative estimate of drug-likeness (QED) is 0.725. The molecule has 0 spiro atoms. The smallest absolute Gasteiger partial charge is 0.162 e. The molecule has 134 valence electrons. The van der Waals surface area contributed by atoms with Gasteiger partial charge in [0, 0.05) is 12.0 Å². The summed E-state index contributed by atoms with van der Waals surface area (Å²) in [6.45, 7) is 4.04. The number of aliphatic hydroxyl groups is 1. The van der Waals surface area contributed by atoms with Crippen molar-refractivity contribution in [3.63, 3.8) is 0 Å². The molecule has 0 heterocycles. The Kier molecular flexibility index (Phi) is 5.53. The zero-order chi connectivity index (χ0) is 18.6. The normalized spacial score (nSPS) is 19.6. The van der Waals surface area contributed by atoms with Gasteiger partial charge in [0.25, 0.3) is 0 Å². The van der Waals surface area contributed by atoms with Gasteiger partial charge in [-0.25, -0.2) is 0 Å². The summed E-state index contributed by atoms with van der Waals surface area (Å²) < 4.78 is 0. The molecular formula is C24H26O2. The maximum atomic E-state index is 13.0. The van der Waals surface area contributed by atoms with E-state index in [9.17, 15) is 9.90 Å². The second kappa shape index (κ2) is 7.84. The first-order valence-corrected chi connectivity index (χ1v) is 9.45. The lowest BCUT2D eigenvalue weighted by Crippen LogP contribution is -2.31. The lowest BCUT2D eigenvalue weighted by Gasteiger charge is -2.24. The molecule has 2 heteroatoms. The van der Waals surface area contributed by atoms with Crippen LogP contribution in [0.25, 0.3) is 11.1 Å². The summed E-state index contributed by atoms with van der Waals surface area (Å²) in [5, 5.41) is 11.5. The van der Waals surface area contributed by atoms with Crippen molar-refractivity contribution in [2.45, 2.75) is 45.1 Å². The molecule has 1 unspecified atom stereocenters. The van der Waals surface area contributed by atoms with Crippen LogP contribution >= 0.6 is 0 Å². The molecule has 2 nitrogen and oxygen atoms in total. The Labute approximate surface area is 155 Å². The second-order valence-corrected chi connectivity index (χ2v) is 6.89. The SMILES string of the molecule is CCCC(=O)C1=C(c2ccccc2)C(c2ccccc2)=CC1(O)CCC. The Morgan fingerprint density at radius 1 is 0.885 bits per heavy atom. The van der Waals surface area contributed by atoms with Gasteiger partial charge < -0.3 is 5.11 Å². The van der Waals surface area contributed by atoms with E-state index in [1.54, 1.807) is 0 Å². The van der Waals surface area contributed by atoms with Gasteiger partial charge >= 0.3 is 0 Å². The minimum Gasteiger partial charge on any atom is -0.381 e. The van der Waals surface area contributed by atoms with E-state index in [4.69, 9.17) is 0 Å². The second-order valence-electron chi connectivity index (χ2n) is 6.89. The third kappa shape index (κ3) is 3.42. The van der Waals surface area contributed by atoms with Crippen molar-refractivity contribution in [3.8, 4) is 0 Å². The number of hydrogen-bond donors (Lipinski definition) is 1. The number of rotatable bonds is 7. The molecular weight excluding hydrogens is 320 g/mol. The number of hydrogen-bond acceptors (Lipinski definition) is 2. The van der Waals surface area contributed by atoms with Gasteiger partial charge in [0.2, 0.25) is 0 Å². The average Bonchev–Trinajstić information content (AvgIpc) is 2.97. The maximum absolute atomic E-state index is 13.0. The largest absolute Gasteiger partial charge is 0.381 e. The Balaban J connectivity index is 2.27. The van der Waals surface area contributed by atoms with Crippen LogP contribution in [0.5, 0.6) is 0 Å². The van der Waals surface area contributed by atoms with Crippen LogP contribution in [0, 0.1) is 0 Å². The van der Waals surface area contributed by atoms with Gasteiger partial charge in [-0.15, -0.1) is 0 Å². The highest BCUT2D eigenvalue weighted by molar-refractivity contribution is 6.20. The molecule has 0 saturated heterocycles. The molecule has 2 aromatic carbocycles. The van der Waals surface area contributed by atoms with Crippen molar-refractivity contribution in [1.82, 2.24) is 0 Å². The van der Waals surface area contributed by atoms with Crippen LogP contribution in [0.1, 0.15) is 50.7 Å². The summed E-state index contributed by atoms with van der Waals surface area (Å²) in [4.78, 5) is 13.0. The van der Waals surface area contributed by atoms with Crippen LogP contribution in [-0.2, 0) is 4.79 Å². The van der Waals surface area contributed by atoms with Gasteiger partial charge in [0.1, 0.15) is 5.60 Å². The lowest BCUT2D eigenvalue weighted by molar-refractivity contribution is -0.117. The molecule has 1 N–H and O–H groups in total. The Morgan fingerprint density at radius 2 is 1.46 bits per heavy atom. The number of ketones is 1. The fourth-order valence-electron chi connectivity index (χ4n) is 3.80. The first kappa shape index (κ1) is 18.3. The minimum atomic E-state index is -1.20. The van der Waals surface area contributed by atoms with Gasteiger partial charge in [-0.05, 0) is 41.2 Å². The summed E-state index contributed by atoms with van der Waals surface area (Å²) in [6.07, 6.45) is 4.47. The molecule has 0 fully saturated rings. The van der Waals surface area contributed by atoms with Crippen molar-refractivity contribution in [3.05, 3.63) is 83.4 Å². The van der Waals surface area contributed by atoms with E-state index >= 15 is 0 Å². The first-order valence-electron chi connectivity index (χ1n) is 9.45. The molecule has 1 aliphatic rings.